The zero-order chi connectivity index (χ0) is 20.3. The van der Waals surface area contributed by atoms with Gasteiger partial charge in [0.1, 0.15) is 19.0 Å². The monoisotopic (exact) mass is 430 g/mol. The Morgan fingerprint density at radius 3 is 2.67 bits per heavy atom. The summed E-state index contributed by atoms with van der Waals surface area (Å²) in [5.74, 6) is 4.32. The average molecular weight is 431 g/mol. The summed E-state index contributed by atoms with van der Waals surface area (Å²) in [6.07, 6.45) is 4.96. The maximum Gasteiger partial charge on any atom is 0.191 e. The molecule has 7 nitrogen and oxygen atoms in total. The molecule has 30 heavy (non-hydrogen) atoms. The molecular formula is C22H30N4O3S. The lowest BCUT2D eigenvalue weighted by Crippen LogP contribution is -2.33. The number of hydrogen-bond donors (Lipinski definition) is 0. The van der Waals surface area contributed by atoms with Crippen LogP contribution in [0.25, 0.3) is 0 Å². The molecule has 2 fully saturated rings. The van der Waals surface area contributed by atoms with Crippen LogP contribution in [0.4, 0.5) is 0 Å². The molecule has 2 aromatic rings. The lowest BCUT2D eigenvalue weighted by molar-refractivity contribution is 0.129. The first-order valence-corrected chi connectivity index (χ1v) is 12.0. The highest BCUT2D eigenvalue weighted by Gasteiger charge is 2.26. The van der Waals surface area contributed by atoms with Gasteiger partial charge in [-0.05, 0) is 56.5 Å². The number of rotatable bonds is 6. The molecule has 8 heteroatoms. The highest BCUT2D eigenvalue weighted by molar-refractivity contribution is 7.99. The zero-order valence-corrected chi connectivity index (χ0v) is 18.4. The minimum Gasteiger partial charge on any atom is -0.486 e. The Labute approximate surface area is 182 Å². The average Bonchev–Trinajstić information content (AvgIpc) is 3.43. The highest BCUT2D eigenvalue weighted by atomic mass is 32.2. The van der Waals surface area contributed by atoms with Gasteiger partial charge in [0, 0.05) is 31.9 Å². The van der Waals surface area contributed by atoms with E-state index in [1.807, 2.05) is 6.07 Å². The molecule has 0 saturated carbocycles. The Bertz CT molecular complexity index is 860. The summed E-state index contributed by atoms with van der Waals surface area (Å²) in [4.78, 5) is 2.52. The Morgan fingerprint density at radius 2 is 1.87 bits per heavy atom. The van der Waals surface area contributed by atoms with Crippen molar-refractivity contribution in [3.63, 3.8) is 0 Å². The molecule has 0 unspecified atom stereocenters. The first kappa shape index (κ1) is 20.2. The third-order valence-electron chi connectivity index (χ3n) is 6.26. The maximum atomic E-state index is 5.73. The summed E-state index contributed by atoms with van der Waals surface area (Å²) in [6.45, 7) is 5.27. The Morgan fingerprint density at radius 1 is 1.03 bits per heavy atom. The van der Waals surface area contributed by atoms with E-state index in [9.17, 15) is 0 Å². The van der Waals surface area contributed by atoms with Crippen LogP contribution in [0.1, 0.15) is 43.0 Å². The molecule has 0 radical (unpaired) electrons. The van der Waals surface area contributed by atoms with E-state index in [2.05, 4.69) is 38.8 Å². The SMILES string of the molecule is Cn1c(SC[C@@H]2CCCO2)nnc1C1CCN(Cc2ccc3c(c2)OCCO3)CC1. The summed E-state index contributed by atoms with van der Waals surface area (Å²) in [5.41, 5.74) is 1.28. The first-order valence-electron chi connectivity index (χ1n) is 11.0. The number of aromatic nitrogens is 3. The predicted molar refractivity (Wildman–Crippen MR) is 115 cm³/mol. The maximum absolute atomic E-state index is 5.73. The van der Waals surface area contributed by atoms with Crippen molar-refractivity contribution in [2.75, 3.05) is 38.7 Å². The second kappa shape index (κ2) is 9.16. The van der Waals surface area contributed by atoms with Gasteiger partial charge in [-0.3, -0.25) is 4.90 Å². The number of benzene rings is 1. The number of likely N-dealkylation sites (tertiary alicyclic amines) is 1. The third-order valence-corrected chi connectivity index (χ3v) is 7.41. The molecule has 3 aliphatic heterocycles. The van der Waals surface area contributed by atoms with Crippen LogP contribution < -0.4 is 9.47 Å². The number of piperidine rings is 1. The van der Waals surface area contributed by atoms with Gasteiger partial charge >= 0.3 is 0 Å². The molecule has 0 aliphatic carbocycles. The van der Waals surface area contributed by atoms with Crippen LogP contribution in [-0.4, -0.2) is 64.4 Å². The van der Waals surface area contributed by atoms with Gasteiger partial charge in [-0.25, -0.2) is 0 Å². The fourth-order valence-corrected chi connectivity index (χ4v) is 5.53. The topological polar surface area (TPSA) is 61.6 Å². The van der Waals surface area contributed by atoms with Crippen molar-refractivity contribution < 1.29 is 14.2 Å². The standard InChI is InChI=1S/C22H30N4O3S/c1-25-21(23-24-22(25)30-15-18-3-2-10-27-18)17-6-8-26(9-7-17)14-16-4-5-19-20(13-16)29-12-11-28-19/h4-5,13,17-18H,2-3,6-12,14-15H2,1H3/t18-/m0/s1. The molecule has 4 heterocycles. The van der Waals surface area contributed by atoms with E-state index < -0.39 is 0 Å². The van der Waals surface area contributed by atoms with Gasteiger partial charge in [-0.1, -0.05) is 17.8 Å². The van der Waals surface area contributed by atoms with Gasteiger partial charge in [0.25, 0.3) is 0 Å². The quantitative estimate of drug-likeness (QED) is 0.652. The third kappa shape index (κ3) is 4.45. The molecule has 1 atom stereocenters. The van der Waals surface area contributed by atoms with E-state index in [1.165, 1.54) is 18.4 Å². The zero-order valence-electron chi connectivity index (χ0n) is 17.6. The van der Waals surface area contributed by atoms with E-state index >= 15 is 0 Å². The number of hydrogen-bond acceptors (Lipinski definition) is 7. The van der Waals surface area contributed by atoms with Gasteiger partial charge < -0.3 is 18.8 Å². The molecule has 1 aromatic carbocycles. The van der Waals surface area contributed by atoms with Gasteiger partial charge in [0.15, 0.2) is 16.7 Å². The van der Waals surface area contributed by atoms with Crippen molar-refractivity contribution in [3.05, 3.63) is 29.6 Å². The fraction of sp³-hybridized carbons (Fsp3) is 0.636. The molecule has 2 saturated heterocycles. The van der Waals surface area contributed by atoms with E-state index in [4.69, 9.17) is 14.2 Å². The summed E-state index contributed by atoms with van der Waals surface area (Å²) in [6, 6.07) is 6.31. The van der Waals surface area contributed by atoms with Crippen molar-refractivity contribution in [1.82, 2.24) is 19.7 Å². The van der Waals surface area contributed by atoms with E-state index in [-0.39, 0.29) is 0 Å². The van der Waals surface area contributed by atoms with E-state index in [1.54, 1.807) is 11.8 Å². The number of thioether (sulfide) groups is 1. The first-order chi connectivity index (χ1) is 14.8. The fourth-order valence-electron chi connectivity index (χ4n) is 4.54. The minimum absolute atomic E-state index is 0.374. The van der Waals surface area contributed by atoms with Crippen molar-refractivity contribution in [2.24, 2.45) is 7.05 Å². The normalized spacial score (nSPS) is 22.5. The largest absolute Gasteiger partial charge is 0.486 e. The molecule has 1 aromatic heterocycles. The van der Waals surface area contributed by atoms with Crippen molar-refractivity contribution in [1.29, 1.82) is 0 Å². The van der Waals surface area contributed by atoms with Gasteiger partial charge in [0.2, 0.25) is 0 Å². The molecule has 3 aliphatic rings. The second-order valence-electron chi connectivity index (χ2n) is 8.37. The van der Waals surface area contributed by atoms with Crippen molar-refractivity contribution in [2.45, 2.75) is 49.4 Å². The molecule has 0 amide bonds. The molecule has 0 N–H and O–H groups in total. The van der Waals surface area contributed by atoms with Gasteiger partial charge in [0.05, 0.1) is 6.10 Å². The number of ether oxygens (including phenoxy) is 3. The van der Waals surface area contributed by atoms with E-state index in [0.717, 1.165) is 67.3 Å². The summed E-state index contributed by atoms with van der Waals surface area (Å²) in [5, 5.41) is 10.0. The van der Waals surface area contributed by atoms with Gasteiger partial charge in [-0.15, -0.1) is 10.2 Å². The van der Waals surface area contributed by atoms with Crippen LogP contribution in [0.2, 0.25) is 0 Å². The lowest BCUT2D eigenvalue weighted by atomic mass is 9.95. The molecule has 162 valence electrons. The van der Waals surface area contributed by atoms with Gasteiger partial charge in [-0.2, -0.15) is 0 Å². The van der Waals surface area contributed by atoms with Crippen LogP contribution in [0.3, 0.4) is 0 Å². The Kier molecular flexibility index (Phi) is 6.15. The number of nitrogens with zero attached hydrogens (tertiary/aromatic N) is 4. The molecule has 0 spiro atoms. The predicted octanol–water partition coefficient (Wildman–Crippen LogP) is 3.24. The molecule has 0 bridgehead atoms. The summed E-state index contributed by atoms with van der Waals surface area (Å²) in [7, 11) is 2.11. The van der Waals surface area contributed by atoms with Crippen molar-refractivity contribution in [3.8, 4) is 11.5 Å². The Balaban J connectivity index is 1.14. The minimum atomic E-state index is 0.374. The molecular weight excluding hydrogens is 400 g/mol. The number of fused-ring (bicyclic) bond motifs is 1. The van der Waals surface area contributed by atoms with Crippen molar-refractivity contribution >= 4 is 11.8 Å². The Hall–Kier alpha value is -1.77. The highest BCUT2D eigenvalue weighted by Crippen LogP contribution is 2.33. The lowest BCUT2D eigenvalue weighted by Gasteiger charge is -2.31. The van der Waals surface area contributed by atoms with Crippen LogP contribution in [0, 0.1) is 0 Å². The summed E-state index contributed by atoms with van der Waals surface area (Å²) >= 11 is 1.77. The second-order valence-corrected chi connectivity index (χ2v) is 9.36. The molecule has 5 rings (SSSR count). The van der Waals surface area contributed by atoms with Crippen LogP contribution in [0.15, 0.2) is 23.4 Å². The van der Waals surface area contributed by atoms with Crippen LogP contribution in [-0.2, 0) is 18.3 Å². The van der Waals surface area contributed by atoms with E-state index in [0.29, 0.717) is 25.2 Å². The van der Waals surface area contributed by atoms with Crippen LogP contribution in [0.5, 0.6) is 11.5 Å². The summed E-state index contributed by atoms with van der Waals surface area (Å²) < 4.78 is 19.3. The smallest absolute Gasteiger partial charge is 0.191 e. The van der Waals surface area contributed by atoms with Crippen LogP contribution >= 0.6 is 11.8 Å².